The van der Waals surface area contributed by atoms with Crippen LogP contribution in [0.1, 0.15) is 0 Å². The Hall–Kier alpha value is -1.61. The fourth-order valence-corrected chi connectivity index (χ4v) is 1.38. The second kappa shape index (κ2) is 4.07. The molecule has 2 rings (SSSR count). The number of hydrogen-bond acceptors (Lipinski definition) is 2. The molecule has 3 nitrogen and oxygen atoms in total. The molecule has 0 aliphatic rings. The van der Waals surface area contributed by atoms with Crippen molar-refractivity contribution in [1.82, 2.24) is 9.78 Å². The van der Waals surface area contributed by atoms with Gasteiger partial charge in [-0.1, -0.05) is 30.3 Å². The van der Waals surface area contributed by atoms with Gasteiger partial charge in [-0.15, -0.1) is 0 Å². The quantitative estimate of drug-likeness (QED) is 0.791. The van der Waals surface area contributed by atoms with Gasteiger partial charge in [0, 0.05) is 18.3 Å². The highest BCUT2D eigenvalue weighted by molar-refractivity contribution is 5.57. The molecular formula is C11H13N3. The summed E-state index contributed by atoms with van der Waals surface area (Å²) in [6.45, 7) is 1.39. The zero-order chi connectivity index (χ0) is 9.80. The molecular weight excluding hydrogens is 174 g/mol. The number of aromatic nitrogens is 2. The molecule has 72 valence electrons. The first kappa shape index (κ1) is 8.97. The predicted molar refractivity (Wildman–Crippen MR) is 56.7 cm³/mol. The van der Waals surface area contributed by atoms with E-state index in [2.05, 4.69) is 17.2 Å². The fraction of sp³-hybridized carbons (Fsp3) is 0.182. The molecule has 1 aromatic carbocycles. The molecule has 0 radical (unpaired) electrons. The van der Waals surface area contributed by atoms with Crippen molar-refractivity contribution in [3.8, 4) is 11.3 Å². The SMILES string of the molecule is NCCn1ccc(-c2ccccc2)n1. The lowest BCUT2D eigenvalue weighted by Crippen LogP contribution is -2.09. The molecule has 0 aliphatic carbocycles. The minimum Gasteiger partial charge on any atom is -0.329 e. The Balaban J connectivity index is 2.25. The monoisotopic (exact) mass is 187 g/mol. The fourth-order valence-electron chi connectivity index (χ4n) is 1.38. The van der Waals surface area contributed by atoms with Gasteiger partial charge in [0.15, 0.2) is 0 Å². The van der Waals surface area contributed by atoms with Gasteiger partial charge in [0.2, 0.25) is 0 Å². The second-order valence-corrected chi connectivity index (χ2v) is 3.12. The van der Waals surface area contributed by atoms with Crippen molar-refractivity contribution in [1.29, 1.82) is 0 Å². The molecule has 0 amide bonds. The van der Waals surface area contributed by atoms with Crippen molar-refractivity contribution in [2.45, 2.75) is 6.54 Å². The lowest BCUT2D eigenvalue weighted by molar-refractivity contribution is 0.627. The number of nitrogens with two attached hydrogens (primary N) is 1. The van der Waals surface area contributed by atoms with Crippen molar-refractivity contribution < 1.29 is 0 Å². The van der Waals surface area contributed by atoms with Crippen LogP contribution in [0.3, 0.4) is 0 Å². The van der Waals surface area contributed by atoms with Crippen LogP contribution in [0.5, 0.6) is 0 Å². The highest BCUT2D eigenvalue weighted by Gasteiger charge is 1.99. The third-order valence-corrected chi connectivity index (χ3v) is 2.07. The average Bonchev–Trinajstić information content (AvgIpc) is 2.68. The van der Waals surface area contributed by atoms with Gasteiger partial charge in [0.25, 0.3) is 0 Å². The Kier molecular flexibility index (Phi) is 2.60. The Morgan fingerprint density at radius 2 is 1.93 bits per heavy atom. The first-order chi connectivity index (χ1) is 6.90. The highest BCUT2D eigenvalue weighted by Crippen LogP contribution is 2.15. The molecule has 0 unspecified atom stereocenters. The molecule has 3 heteroatoms. The van der Waals surface area contributed by atoms with Crippen molar-refractivity contribution in [2.24, 2.45) is 5.73 Å². The molecule has 0 spiro atoms. The van der Waals surface area contributed by atoms with Gasteiger partial charge >= 0.3 is 0 Å². The van der Waals surface area contributed by atoms with Crippen LogP contribution in [0, 0.1) is 0 Å². The van der Waals surface area contributed by atoms with Crippen LogP contribution in [0.2, 0.25) is 0 Å². The summed E-state index contributed by atoms with van der Waals surface area (Å²) in [7, 11) is 0. The van der Waals surface area contributed by atoms with Crippen molar-refractivity contribution in [3.05, 3.63) is 42.6 Å². The molecule has 1 aromatic heterocycles. The minimum absolute atomic E-state index is 0.621. The molecule has 0 aliphatic heterocycles. The summed E-state index contributed by atoms with van der Waals surface area (Å²) in [4.78, 5) is 0. The van der Waals surface area contributed by atoms with E-state index in [1.165, 1.54) is 0 Å². The first-order valence-corrected chi connectivity index (χ1v) is 4.69. The lowest BCUT2D eigenvalue weighted by Gasteiger charge is -1.97. The van der Waals surface area contributed by atoms with E-state index in [0.717, 1.165) is 17.8 Å². The van der Waals surface area contributed by atoms with Gasteiger partial charge in [-0.3, -0.25) is 4.68 Å². The summed E-state index contributed by atoms with van der Waals surface area (Å²) >= 11 is 0. The third kappa shape index (κ3) is 1.83. The lowest BCUT2D eigenvalue weighted by atomic mass is 10.2. The Morgan fingerprint density at radius 3 is 2.64 bits per heavy atom. The van der Waals surface area contributed by atoms with E-state index in [0.29, 0.717) is 6.54 Å². The Bertz CT molecular complexity index is 392. The van der Waals surface area contributed by atoms with Crippen molar-refractivity contribution >= 4 is 0 Å². The molecule has 14 heavy (non-hydrogen) atoms. The number of nitrogens with zero attached hydrogens (tertiary/aromatic N) is 2. The van der Waals surface area contributed by atoms with Gasteiger partial charge in [-0.2, -0.15) is 5.10 Å². The maximum absolute atomic E-state index is 5.45. The molecule has 0 bridgehead atoms. The van der Waals surface area contributed by atoms with E-state index in [-0.39, 0.29) is 0 Å². The molecule has 2 N–H and O–H groups in total. The summed E-state index contributed by atoms with van der Waals surface area (Å²) < 4.78 is 1.86. The molecule has 0 saturated carbocycles. The van der Waals surface area contributed by atoms with E-state index < -0.39 is 0 Å². The van der Waals surface area contributed by atoms with Crippen molar-refractivity contribution in [3.63, 3.8) is 0 Å². The molecule has 0 saturated heterocycles. The van der Waals surface area contributed by atoms with E-state index in [4.69, 9.17) is 5.73 Å². The Morgan fingerprint density at radius 1 is 1.14 bits per heavy atom. The smallest absolute Gasteiger partial charge is 0.0923 e. The highest BCUT2D eigenvalue weighted by atomic mass is 15.3. The van der Waals surface area contributed by atoms with Crippen molar-refractivity contribution in [2.75, 3.05) is 6.54 Å². The van der Waals surface area contributed by atoms with Gasteiger partial charge in [-0.05, 0) is 6.07 Å². The summed E-state index contributed by atoms with van der Waals surface area (Å²) in [6.07, 6.45) is 1.95. The third-order valence-electron chi connectivity index (χ3n) is 2.07. The molecule has 1 heterocycles. The van der Waals surface area contributed by atoms with E-state index in [1.54, 1.807) is 0 Å². The first-order valence-electron chi connectivity index (χ1n) is 4.69. The van der Waals surface area contributed by atoms with Gasteiger partial charge in [0.05, 0.1) is 12.2 Å². The zero-order valence-corrected chi connectivity index (χ0v) is 7.93. The summed E-state index contributed by atoms with van der Waals surface area (Å²) in [5.41, 5.74) is 7.59. The second-order valence-electron chi connectivity index (χ2n) is 3.12. The number of hydrogen-bond donors (Lipinski definition) is 1. The average molecular weight is 187 g/mol. The van der Waals surface area contributed by atoms with Crippen LogP contribution in [-0.4, -0.2) is 16.3 Å². The van der Waals surface area contributed by atoms with Crippen LogP contribution in [0.15, 0.2) is 42.6 Å². The zero-order valence-electron chi connectivity index (χ0n) is 7.93. The van der Waals surface area contributed by atoms with Gasteiger partial charge < -0.3 is 5.73 Å². The maximum atomic E-state index is 5.45. The van der Waals surface area contributed by atoms with Gasteiger partial charge in [-0.25, -0.2) is 0 Å². The van der Waals surface area contributed by atoms with E-state index in [1.807, 2.05) is 35.1 Å². The molecule has 2 aromatic rings. The van der Waals surface area contributed by atoms with E-state index in [9.17, 15) is 0 Å². The van der Waals surface area contributed by atoms with Crippen LogP contribution < -0.4 is 5.73 Å². The Labute approximate surface area is 83.2 Å². The van der Waals surface area contributed by atoms with E-state index >= 15 is 0 Å². The molecule has 0 fully saturated rings. The predicted octanol–water partition coefficient (Wildman–Crippen LogP) is 1.51. The van der Waals surface area contributed by atoms with Crippen LogP contribution in [0.25, 0.3) is 11.3 Å². The standard InChI is InChI=1S/C11H13N3/c12-7-9-14-8-6-11(13-14)10-4-2-1-3-5-10/h1-6,8H,7,9,12H2. The normalized spacial score (nSPS) is 10.4. The summed E-state index contributed by atoms with van der Waals surface area (Å²) in [5.74, 6) is 0. The number of rotatable bonds is 3. The largest absolute Gasteiger partial charge is 0.329 e. The number of benzene rings is 1. The molecule has 0 atom stereocenters. The minimum atomic E-state index is 0.621. The topological polar surface area (TPSA) is 43.8 Å². The van der Waals surface area contributed by atoms with Crippen LogP contribution in [0.4, 0.5) is 0 Å². The summed E-state index contributed by atoms with van der Waals surface area (Å²) in [6, 6.07) is 12.1. The summed E-state index contributed by atoms with van der Waals surface area (Å²) in [5, 5.41) is 4.41. The maximum Gasteiger partial charge on any atom is 0.0923 e. The van der Waals surface area contributed by atoms with Crippen LogP contribution >= 0.6 is 0 Å². The van der Waals surface area contributed by atoms with Gasteiger partial charge in [0.1, 0.15) is 0 Å². The van der Waals surface area contributed by atoms with Crippen LogP contribution in [-0.2, 0) is 6.54 Å².